The highest BCUT2D eigenvalue weighted by molar-refractivity contribution is 5.23. The topological polar surface area (TPSA) is 51.0 Å². The normalized spacial score (nSPS) is 12.5. The van der Waals surface area contributed by atoms with E-state index in [0.717, 1.165) is 25.9 Å². The summed E-state index contributed by atoms with van der Waals surface area (Å²) in [6, 6.07) is 10.2. The van der Waals surface area contributed by atoms with Crippen molar-refractivity contribution >= 4 is 0 Å². The van der Waals surface area contributed by atoms with Gasteiger partial charge in [0.2, 0.25) is 11.8 Å². The molecule has 1 heterocycles. The largest absolute Gasteiger partial charge is 0.425 e. The molecule has 0 aliphatic heterocycles. The molecule has 0 aliphatic carbocycles. The predicted molar refractivity (Wildman–Crippen MR) is 75.1 cm³/mol. The van der Waals surface area contributed by atoms with Crippen LogP contribution in [0.3, 0.4) is 0 Å². The van der Waals surface area contributed by atoms with Gasteiger partial charge in [0.05, 0.1) is 5.92 Å². The highest BCUT2D eigenvalue weighted by Crippen LogP contribution is 2.22. The Bertz CT molecular complexity index is 481. The van der Waals surface area contributed by atoms with Crippen molar-refractivity contribution in [1.29, 1.82) is 0 Å². The van der Waals surface area contributed by atoms with Gasteiger partial charge in [-0.3, -0.25) is 0 Å². The summed E-state index contributed by atoms with van der Waals surface area (Å²) in [7, 11) is 0. The SMILES string of the molecule is CCCNCCc1nnc(C(C)c2ccccc2)o1. The third-order valence-corrected chi connectivity index (χ3v) is 3.09. The molecule has 1 atom stereocenters. The van der Waals surface area contributed by atoms with Crippen LogP contribution in [0.4, 0.5) is 0 Å². The highest BCUT2D eigenvalue weighted by atomic mass is 16.4. The molecular weight excluding hydrogens is 238 g/mol. The van der Waals surface area contributed by atoms with Crippen LogP contribution in [-0.2, 0) is 6.42 Å². The Hall–Kier alpha value is -1.68. The molecule has 102 valence electrons. The van der Waals surface area contributed by atoms with Crippen LogP contribution in [0.2, 0.25) is 0 Å². The number of nitrogens with one attached hydrogen (secondary N) is 1. The second-order valence-corrected chi connectivity index (χ2v) is 4.67. The van der Waals surface area contributed by atoms with Crippen LogP contribution in [0.5, 0.6) is 0 Å². The molecule has 1 unspecified atom stereocenters. The molecule has 2 aromatic rings. The van der Waals surface area contributed by atoms with E-state index in [9.17, 15) is 0 Å². The van der Waals surface area contributed by atoms with Crippen molar-refractivity contribution in [3.8, 4) is 0 Å². The Balaban J connectivity index is 1.93. The summed E-state index contributed by atoms with van der Waals surface area (Å²) in [6.45, 7) is 6.15. The van der Waals surface area contributed by atoms with E-state index in [2.05, 4.69) is 41.5 Å². The Kier molecular flexibility index (Phi) is 5.10. The number of nitrogens with zero attached hydrogens (tertiary/aromatic N) is 2. The number of benzene rings is 1. The minimum Gasteiger partial charge on any atom is -0.425 e. The van der Waals surface area contributed by atoms with E-state index in [1.54, 1.807) is 0 Å². The molecule has 0 aliphatic rings. The summed E-state index contributed by atoms with van der Waals surface area (Å²) in [4.78, 5) is 0. The predicted octanol–water partition coefficient (Wildman–Crippen LogP) is 2.76. The third kappa shape index (κ3) is 3.89. The molecule has 0 bridgehead atoms. The van der Waals surface area contributed by atoms with Crippen molar-refractivity contribution < 1.29 is 4.42 Å². The van der Waals surface area contributed by atoms with Crippen LogP contribution in [-0.4, -0.2) is 23.3 Å². The zero-order valence-corrected chi connectivity index (χ0v) is 11.6. The van der Waals surface area contributed by atoms with Gasteiger partial charge in [0.25, 0.3) is 0 Å². The highest BCUT2D eigenvalue weighted by Gasteiger charge is 2.15. The van der Waals surface area contributed by atoms with Gasteiger partial charge in [-0.25, -0.2) is 0 Å². The molecule has 0 radical (unpaired) electrons. The van der Waals surface area contributed by atoms with E-state index in [0.29, 0.717) is 11.8 Å². The maximum absolute atomic E-state index is 5.72. The Morgan fingerprint density at radius 2 is 1.95 bits per heavy atom. The first-order valence-corrected chi connectivity index (χ1v) is 6.89. The van der Waals surface area contributed by atoms with Gasteiger partial charge in [0, 0.05) is 13.0 Å². The number of rotatable bonds is 7. The van der Waals surface area contributed by atoms with Crippen LogP contribution in [0.1, 0.15) is 43.5 Å². The second-order valence-electron chi connectivity index (χ2n) is 4.67. The molecule has 2 rings (SSSR count). The van der Waals surface area contributed by atoms with Gasteiger partial charge in [-0.15, -0.1) is 10.2 Å². The van der Waals surface area contributed by atoms with Gasteiger partial charge in [-0.05, 0) is 25.5 Å². The smallest absolute Gasteiger partial charge is 0.223 e. The molecular formula is C15H21N3O. The molecule has 19 heavy (non-hydrogen) atoms. The molecule has 0 fully saturated rings. The molecule has 0 spiro atoms. The molecule has 1 aromatic carbocycles. The Morgan fingerprint density at radius 1 is 1.16 bits per heavy atom. The van der Waals surface area contributed by atoms with E-state index in [1.807, 2.05) is 18.2 Å². The van der Waals surface area contributed by atoms with Crippen molar-refractivity contribution in [2.24, 2.45) is 0 Å². The minimum atomic E-state index is 0.144. The molecule has 1 aromatic heterocycles. The van der Waals surface area contributed by atoms with Gasteiger partial charge >= 0.3 is 0 Å². The Labute approximate surface area is 114 Å². The summed E-state index contributed by atoms with van der Waals surface area (Å²) in [5.41, 5.74) is 1.20. The molecule has 4 heteroatoms. The first kappa shape index (κ1) is 13.7. The standard InChI is InChI=1S/C15H21N3O/c1-3-10-16-11-9-14-17-18-15(19-14)12(2)13-7-5-4-6-8-13/h4-8,12,16H,3,9-11H2,1-2H3. The first-order chi connectivity index (χ1) is 9.31. The van der Waals surface area contributed by atoms with Gasteiger partial charge < -0.3 is 9.73 Å². The van der Waals surface area contributed by atoms with Crippen molar-refractivity contribution in [3.05, 3.63) is 47.7 Å². The molecule has 0 saturated carbocycles. The summed E-state index contributed by atoms with van der Waals surface area (Å²) < 4.78 is 5.72. The quantitative estimate of drug-likeness (QED) is 0.777. The van der Waals surface area contributed by atoms with Gasteiger partial charge in [-0.2, -0.15) is 0 Å². The van der Waals surface area contributed by atoms with Crippen LogP contribution in [0.15, 0.2) is 34.7 Å². The van der Waals surface area contributed by atoms with Gasteiger partial charge in [-0.1, -0.05) is 37.3 Å². The molecule has 4 nitrogen and oxygen atoms in total. The van der Waals surface area contributed by atoms with E-state index in [-0.39, 0.29) is 5.92 Å². The number of hydrogen-bond donors (Lipinski definition) is 1. The number of hydrogen-bond acceptors (Lipinski definition) is 4. The average Bonchev–Trinajstić information content (AvgIpc) is 2.92. The van der Waals surface area contributed by atoms with Crippen molar-refractivity contribution in [2.75, 3.05) is 13.1 Å². The lowest BCUT2D eigenvalue weighted by Gasteiger charge is -2.06. The monoisotopic (exact) mass is 259 g/mol. The van der Waals surface area contributed by atoms with Gasteiger partial charge in [0.15, 0.2) is 0 Å². The fourth-order valence-corrected chi connectivity index (χ4v) is 1.92. The van der Waals surface area contributed by atoms with Crippen LogP contribution in [0, 0.1) is 0 Å². The lowest BCUT2D eigenvalue weighted by atomic mass is 10.0. The lowest BCUT2D eigenvalue weighted by Crippen LogP contribution is -2.17. The van der Waals surface area contributed by atoms with Crippen molar-refractivity contribution in [3.63, 3.8) is 0 Å². The van der Waals surface area contributed by atoms with Crippen molar-refractivity contribution in [2.45, 2.75) is 32.6 Å². The summed E-state index contributed by atoms with van der Waals surface area (Å²) in [5.74, 6) is 1.55. The summed E-state index contributed by atoms with van der Waals surface area (Å²) in [6.07, 6.45) is 1.93. The maximum Gasteiger partial charge on any atom is 0.223 e. The van der Waals surface area contributed by atoms with Gasteiger partial charge in [0.1, 0.15) is 0 Å². The first-order valence-electron chi connectivity index (χ1n) is 6.89. The fraction of sp³-hybridized carbons (Fsp3) is 0.467. The Morgan fingerprint density at radius 3 is 2.68 bits per heavy atom. The average molecular weight is 259 g/mol. The van der Waals surface area contributed by atoms with E-state index < -0.39 is 0 Å². The zero-order valence-electron chi connectivity index (χ0n) is 11.6. The molecule has 0 saturated heterocycles. The molecule has 0 amide bonds. The second kappa shape index (κ2) is 7.04. The lowest BCUT2D eigenvalue weighted by molar-refractivity contribution is 0.434. The van der Waals surface area contributed by atoms with E-state index in [4.69, 9.17) is 4.42 Å². The van der Waals surface area contributed by atoms with Crippen molar-refractivity contribution in [1.82, 2.24) is 15.5 Å². The minimum absolute atomic E-state index is 0.144. The summed E-state index contributed by atoms with van der Waals surface area (Å²) in [5, 5.41) is 11.6. The van der Waals surface area contributed by atoms with Crippen LogP contribution in [0.25, 0.3) is 0 Å². The number of aromatic nitrogens is 2. The fourth-order valence-electron chi connectivity index (χ4n) is 1.92. The van der Waals surface area contributed by atoms with E-state index in [1.165, 1.54) is 5.56 Å². The third-order valence-electron chi connectivity index (χ3n) is 3.09. The van der Waals surface area contributed by atoms with Crippen LogP contribution >= 0.6 is 0 Å². The maximum atomic E-state index is 5.72. The molecule has 1 N–H and O–H groups in total. The van der Waals surface area contributed by atoms with Crippen LogP contribution < -0.4 is 5.32 Å². The zero-order chi connectivity index (χ0) is 13.5. The van der Waals surface area contributed by atoms with E-state index >= 15 is 0 Å². The summed E-state index contributed by atoms with van der Waals surface area (Å²) >= 11 is 0.